The zero-order chi connectivity index (χ0) is 20.9. The Morgan fingerprint density at radius 2 is 1.83 bits per heavy atom. The molecule has 0 aliphatic rings. The minimum Gasteiger partial charge on any atom is -0.322 e. The fourth-order valence-electron chi connectivity index (χ4n) is 2.78. The molecule has 2 N–H and O–H groups in total. The molecule has 0 fully saturated rings. The van der Waals surface area contributed by atoms with E-state index in [0.717, 1.165) is 10.4 Å². The number of amides is 1. The maximum atomic E-state index is 12.7. The van der Waals surface area contributed by atoms with Gasteiger partial charge in [-0.2, -0.15) is 0 Å². The molecule has 3 rings (SSSR count). The standard InChI is InChI=1S/C21H23N3O3S2/c1-24(2)15-17-7-3-4-11-20(17)23-21(25)16-8-5-10-19(13-16)29(26,27)22-14-18-9-6-12-28-18/h3-13,22H,14-15H2,1-2H3,(H,23,25). The van der Waals surface area contributed by atoms with Gasteiger partial charge in [0, 0.05) is 29.2 Å². The van der Waals surface area contributed by atoms with Gasteiger partial charge in [-0.3, -0.25) is 4.79 Å². The fourth-order valence-corrected chi connectivity index (χ4v) is 4.57. The van der Waals surface area contributed by atoms with Crippen LogP contribution in [0.15, 0.2) is 70.9 Å². The Balaban J connectivity index is 1.76. The molecule has 0 aliphatic carbocycles. The Hall–Kier alpha value is -2.52. The molecule has 0 unspecified atom stereocenters. The van der Waals surface area contributed by atoms with Crippen LogP contribution in [0.1, 0.15) is 20.8 Å². The van der Waals surface area contributed by atoms with E-state index in [4.69, 9.17) is 0 Å². The van der Waals surface area contributed by atoms with Gasteiger partial charge in [-0.05, 0) is 55.4 Å². The van der Waals surface area contributed by atoms with Crippen molar-refractivity contribution in [2.45, 2.75) is 18.0 Å². The van der Waals surface area contributed by atoms with E-state index >= 15 is 0 Å². The second-order valence-corrected chi connectivity index (χ2v) is 9.58. The number of nitrogens with zero attached hydrogens (tertiary/aromatic N) is 1. The third kappa shape index (κ3) is 5.74. The van der Waals surface area contributed by atoms with Crippen molar-refractivity contribution >= 4 is 33.0 Å². The van der Waals surface area contributed by atoms with E-state index in [-0.39, 0.29) is 22.9 Å². The van der Waals surface area contributed by atoms with Gasteiger partial charge in [0.2, 0.25) is 10.0 Å². The lowest BCUT2D eigenvalue weighted by Gasteiger charge is -2.15. The van der Waals surface area contributed by atoms with Crippen LogP contribution in [0.5, 0.6) is 0 Å². The topological polar surface area (TPSA) is 78.5 Å². The third-order valence-electron chi connectivity index (χ3n) is 4.18. The number of rotatable bonds is 8. The summed E-state index contributed by atoms with van der Waals surface area (Å²) in [6.45, 7) is 0.895. The van der Waals surface area contributed by atoms with Gasteiger partial charge in [-0.15, -0.1) is 11.3 Å². The van der Waals surface area contributed by atoms with E-state index in [1.54, 1.807) is 12.1 Å². The number of hydrogen-bond acceptors (Lipinski definition) is 5. The molecule has 0 spiro atoms. The van der Waals surface area contributed by atoms with E-state index in [2.05, 4.69) is 10.0 Å². The molecule has 1 amide bonds. The molecule has 0 aliphatic heterocycles. The Morgan fingerprint density at radius 3 is 2.55 bits per heavy atom. The SMILES string of the molecule is CN(C)Cc1ccccc1NC(=O)c1cccc(S(=O)(=O)NCc2cccs2)c1. The van der Waals surface area contributed by atoms with Crippen molar-refractivity contribution in [2.24, 2.45) is 0 Å². The Bertz CT molecular complexity index is 1080. The highest BCUT2D eigenvalue weighted by Gasteiger charge is 2.17. The maximum Gasteiger partial charge on any atom is 0.255 e. The summed E-state index contributed by atoms with van der Waals surface area (Å²) in [6, 6.07) is 17.3. The summed E-state index contributed by atoms with van der Waals surface area (Å²) in [6.07, 6.45) is 0. The van der Waals surface area contributed by atoms with Crippen LogP contribution < -0.4 is 10.0 Å². The number of anilines is 1. The average molecular weight is 430 g/mol. The molecule has 6 nitrogen and oxygen atoms in total. The van der Waals surface area contributed by atoms with Gasteiger partial charge in [-0.1, -0.05) is 30.3 Å². The van der Waals surface area contributed by atoms with E-state index < -0.39 is 10.0 Å². The number of sulfonamides is 1. The quantitative estimate of drug-likeness (QED) is 0.574. The molecule has 0 atom stereocenters. The molecule has 0 saturated heterocycles. The van der Waals surface area contributed by atoms with Crippen molar-refractivity contribution in [3.05, 3.63) is 82.0 Å². The van der Waals surface area contributed by atoms with Crippen LogP contribution in [0.2, 0.25) is 0 Å². The lowest BCUT2D eigenvalue weighted by Crippen LogP contribution is -2.23. The molecule has 8 heteroatoms. The van der Waals surface area contributed by atoms with Crippen molar-refractivity contribution in [1.29, 1.82) is 0 Å². The molecule has 0 saturated carbocycles. The van der Waals surface area contributed by atoms with Crippen molar-refractivity contribution in [1.82, 2.24) is 9.62 Å². The summed E-state index contributed by atoms with van der Waals surface area (Å²) in [5.41, 5.74) is 1.96. The van der Waals surface area contributed by atoms with Crippen molar-refractivity contribution in [3.8, 4) is 0 Å². The van der Waals surface area contributed by atoms with Gasteiger partial charge in [-0.25, -0.2) is 13.1 Å². The highest BCUT2D eigenvalue weighted by atomic mass is 32.2. The number of hydrogen-bond donors (Lipinski definition) is 2. The van der Waals surface area contributed by atoms with Gasteiger partial charge >= 0.3 is 0 Å². The van der Waals surface area contributed by atoms with Gasteiger partial charge < -0.3 is 10.2 Å². The number of carbonyl (C=O) groups excluding carboxylic acids is 1. The molecular weight excluding hydrogens is 406 g/mol. The molecule has 1 aromatic heterocycles. The summed E-state index contributed by atoms with van der Waals surface area (Å²) < 4.78 is 27.8. The zero-order valence-electron chi connectivity index (χ0n) is 16.3. The maximum absolute atomic E-state index is 12.7. The highest BCUT2D eigenvalue weighted by Crippen LogP contribution is 2.19. The minimum absolute atomic E-state index is 0.0586. The predicted octanol–water partition coefficient (Wildman–Crippen LogP) is 3.54. The lowest BCUT2D eigenvalue weighted by molar-refractivity contribution is 0.102. The van der Waals surface area contributed by atoms with Crippen LogP contribution in [-0.2, 0) is 23.1 Å². The second-order valence-electron chi connectivity index (χ2n) is 6.78. The first-order chi connectivity index (χ1) is 13.8. The number of carbonyl (C=O) groups is 1. The van der Waals surface area contributed by atoms with Gasteiger partial charge in [0.05, 0.1) is 4.90 Å². The first kappa shape index (κ1) is 21.2. The van der Waals surface area contributed by atoms with E-state index in [0.29, 0.717) is 12.2 Å². The Kier molecular flexibility index (Phi) is 6.81. The normalized spacial score (nSPS) is 11.6. The molecule has 0 radical (unpaired) electrons. The molecular formula is C21H23N3O3S2. The van der Waals surface area contributed by atoms with Crippen LogP contribution in [0.4, 0.5) is 5.69 Å². The summed E-state index contributed by atoms with van der Waals surface area (Å²) >= 11 is 1.48. The molecule has 0 bridgehead atoms. The first-order valence-corrected chi connectivity index (χ1v) is 11.4. The monoisotopic (exact) mass is 429 g/mol. The largest absolute Gasteiger partial charge is 0.322 e. The lowest BCUT2D eigenvalue weighted by atomic mass is 10.1. The Labute approximate surface area is 175 Å². The van der Waals surface area contributed by atoms with Crippen LogP contribution in [0, 0.1) is 0 Å². The predicted molar refractivity (Wildman–Crippen MR) is 117 cm³/mol. The van der Waals surface area contributed by atoms with Gasteiger partial charge in [0.15, 0.2) is 0 Å². The minimum atomic E-state index is -3.72. The van der Waals surface area contributed by atoms with Crippen molar-refractivity contribution < 1.29 is 13.2 Å². The van der Waals surface area contributed by atoms with Crippen LogP contribution >= 0.6 is 11.3 Å². The smallest absolute Gasteiger partial charge is 0.255 e. The van der Waals surface area contributed by atoms with Gasteiger partial charge in [0.1, 0.15) is 0 Å². The van der Waals surface area contributed by atoms with E-state index in [1.165, 1.54) is 23.5 Å². The average Bonchev–Trinajstić information content (AvgIpc) is 3.21. The van der Waals surface area contributed by atoms with Crippen molar-refractivity contribution in [3.63, 3.8) is 0 Å². The molecule has 1 heterocycles. The Morgan fingerprint density at radius 1 is 1.03 bits per heavy atom. The van der Waals surface area contributed by atoms with E-state index in [1.807, 2.05) is 60.8 Å². The van der Waals surface area contributed by atoms with Gasteiger partial charge in [0.25, 0.3) is 5.91 Å². The van der Waals surface area contributed by atoms with Crippen LogP contribution in [-0.4, -0.2) is 33.3 Å². The second kappa shape index (κ2) is 9.32. The number of benzene rings is 2. The zero-order valence-corrected chi connectivity index (χ0v) is 17.9. The number of para-hydroxylation sites is 1. The first-order valence-electron chi connectivity index (χ1n) is 9.01. The summed E-state index contributed by atoms with van der Waals surface area (Å²) in [5, 5.41) is 4.78. The molecule has 2 aromatic carbocycles. The molecule has 29 heavy (non-hydrogen) atoms. The third-order valence-corrected chi connectivity index (χ3v) is 6.45. The van der Waals surface area contributed by atoms with Crippen molar-refractivity contribution in [2.75, 3.05) is 19.4 Å². The summed E-state index contributed by atoms with van der Waals surface area (Å²) in [5.74, 6) is -0.355. The van der Waals surface area contributed by atoms with E-state index in [9.17, 15) is 13.2 Å². The number of thiophene rings is 1. The highest BCUT2D eigenvalue weighted by molar-refractivity contribution is 7.89. The van der Waals surface area contributed by atoms with Crippen LogP contribution in [0.25, 0.3) is 0 Å². The molecule has 152 valence electrons. The number of nitrogens with one attached hydrogen (secondary N) is 2. The summed E-state index contributed by atoms with van der Waals surface area (Å²) in [7, 11) is 0.190. The van der Waals surface area contributed by atoms with Crippen LogP contribution in [0.3, 0.4) is 0 Å². The fraction of sp³-hybridized carbons (Fsp3) is 0.190. The summed E-state index contributed by atoms with van der Waals surface area (Å²) in [4.78, 5) is 15.7. The molecule has 3 aromatic rings.